The number of benzene rings is 1. The van der Waals surface area contributed by atoms with Crippen molar-refractivity contribution in [3.05, 3.63) is 28.7 Å². The molecule has 2 aliphatic rings. The zero-order chi connectivity index (χ0) is 10.3. The monoisotopic (exact) mass is 266 g/mol. The lowest BCUT2D eigenvalue weighted by Crippen LogP contribution is -2.25. The predicted molar refractivity (Wildman–Crippen MR) is 66.2 cm³/mol. The summed E-state index contributed by atoms with van der Waals surface area (Å²) in [7, 11) is 0. The number of fused-ring (bicyclic) bond motifs is 1. The highest BCUT2D eigenvalue weighted by atomic mass is 79.9. The second-order valence-corrected chi connectivity index (χ2v) is 5.48. The van der Waals surface area contributed by atoms with Crippen molar-refractivity contribution in [3.8, 4) is 0 Å². The molecule has 1 aromatic rings. The highest BCUT2D eigenvalue weighted by Crippen LogP contribution is 2.30. The van der Waals surface area contributed by atoms with Crippen LogP contribution in [0, 0.1) is 11.8 Å². The zero-order valence-electron chi connectivity index (χ0n) is 8.62. The first-order valence-electron chi connectivity index (χ1n) is 5.54. The molecule has 2 nitrogen and oxygen atoms in total. The van der Waals surface area contributed by atoms with Gasteiger partial charge in [-0.1, -0.05) is 15.9 Å². The lowest BCUT2D eigenvalue weighted by atomic mass is 10.0. The Kier molecular flexibility index (Phi) is 2.45. The molecular formula is C12H15BrN2. The topological polar surface area (TPSA) is 15.3 Å². The molecule has 3 heteroatoms. The first-order chi connectivity index (χ1) is 7.33. The first-order valence-corrected chi connectivity index (χ1v) is 6.33. The molecule has 0 amide bonds. The van der Waals surface area contributed by atoms with Gasteiger partial charge < -0.3 is 10.2 Å². The highest BCUT2D eigenvalue weighted by molar-refractivity contribution is 9.10. The van der Waals surface area contributed by atoms with E-state index < -0.39 is 0 Å². The third kappa shape index (κ3) is 1.79. The summed E-state index contributed by atoms with van der Waals surface area (Å²) in [5.74, 6) is 1.74. The molecule has 0 aromatic heterocycles. The Balaban J connectivity index is 1.76. The third-order valence-corrected chi connectivity index (χ3v) is 4.11. The van der Waals surface area contributed by atoms with Gasteiger partial charge in [0.25, 0.3) is 0 Å². The Morgan fingerprint density at radius 2 is 1.67 bits per heavy atom. The number of hydrogen-bond acceptors (Lipinski definition) is 2. The van der Waals surface area contributed by atoms with Crippen molar-refractivity contribution in [3.63, 3.8) is 0 Å². The van der Waals surface area contributed by atoms with E-state index in [0.717, 1.165) is 16.3 Å². The van der Waals surface area contributed by atoms with Crippen LogP contribution in [0.15, 0.2) is 28.7 Å². The normalized spacial score (nSPS) is 29.5. The molecule has 2 aliphatic heterocycles. The van der Waals surface area contributed by atoms with E-state index in [1.165, 1.54) is 31.9 Å². The maximum absolute atomic E-state index is 3.47. The second kappa shape index (κ2) is 3.80. The summed E-state index contributed by atoms with van der Waals surface area (Å²) in [5, 5.41) is 3.47. The summed E-state index contributed by atoms with van der Waals surface area (Å²) < 4.78 is 1.16. The molecule has 2 saturated heterocycles. The van der Waals surface area contributed by atoms with Gasteiger partial charge in [-0.15, -0.1) is 0 Å². The first kappa shape index (κ1) is 9.67. The van der Waals surface area contributed by atoms with Gasteiger partial charge in [-0.25, -0.2) is 0 Å². The maximum atomic E-state index is 3.47. The van der Waals surface area contributed by atoms with E-state index in [0.29, 0.717) is 0 Å². The minimum Gasteiger partial charge on any atom is -0.371 e. The number of nitrogens with one attached hydrogen (secondary N) is 1. The fourth-order valence-corrected chi connectivity index (χ4v) is 2.98. The largest absolute Gasteiger partial charge is 0.371 e. The van der Waals surface area contributed by atoms with E-state index in [-0.39, 0.29) is 0 Å². The van der Waals surface area contributed by atoms with E-state index in [1.54, 1.807) is 0 Å². The molecule has 15 heavy (non-hydrogen) atoms. The van der Waals surface area contributed by atoms with Gasteiger partial charge in [0, 0.05) is 36.3 Å². The summed E-state index contributed by atoms with van der Waals surface area (Å²) in [4.78, 5) is 2.52. The van der Waals surface area contributed by atoms with Gasteiger partial charge >= 0.3 is 0 Å². The van der Waals surface area contributed by atoms with Crippen molar-refractivity contribution in [1.82, 2.24) is 5.32 Å². The van der Waals surface area contributed by atoms with Crippen LogP contribution in [0.5, 0.6) is 0 Å². The van der Waals surface area contributed by atoms with Crippen molar-refractivity contribution in [2.75, 3.05) is 31.1 Å². The maximum Gasteiger partial charge on any atom is 0.0367 e. The van der Waals surface area contributed by atoms with Gasteiger partial charge in [0.2, 0.25) is 0 Å². The Labute approximate surface area is 98.8 Å². The van der Waals surface area contributed by atoms with Crippen LogP contribution in [0.1, 0.15) is 0 Å². The number of nitrogens with zero attached hydrogens (tertiary/aromatic N) is 1. The van der Waals surface area contributed by atoms with E-state index in [2.05, 4.69) is 50.4 Å². The van der Waals surface area contributed by atoms with Crippen LogP contribution in [0.4, 0.5) is 5.69 Å². The minimum atomic E-state index is 0.869. The molecule has 1 N–H and O–H groups in total. The van der Waals surface area contributed by atoms with Gasteiger partial charge in [0.15, 0.2) is 0 Å². The molecule has 0 saturated carbocycles. The van der Waals surface area contributed by atoms with Gasteiger partial charge in [-0.2, -0.15) is 0 Å². The van der Waals surface area contributed by atoms with Crippen LogP contribution < -0.4 is 10.2 Å². The van der Waals surface area contributed by atoms with Crippen LogP contribution in [-0.2, 0) is 0 Å². The summed E-state index contributed by atoms with van der Waals surface area (Å²) in [6, 6.07) is 8.67. The van der Waals surface area contributed by atoms with Gasteiger partial charge in [-0.3, -0.25) is 0 Å². The number of halogens is 1. The number of anilines is 1. The van der Waals surface area contributed by atoms with Crippen LogP contribution in [0.25, 0.3) is 0 Å². The third-order valence-electron chi connectivity index (χ3n) is 3.58. The summed E-state index contributed by atoms with van der Waals surface area (Å²) in [5.41, 5.74) is 1.37. The lowest BCUT2D eigenvalue weighted by molar-refractivity contribution is 0.533. The molecule has 2 fully saturated rings. The van der Waals surface area contributed by atoms with Crippen LogP contribution >= 0.6 is 15.9 Å². The van der Waals surface area contributed by atoms with E-state index in [1.807, 2.05) is 0 Å². The SMILES string of the molecule is Brc1ccc(N2CC3CNCC3C2)cc1. The number of rotatable bonds is 1. The number of hydrogen-bond donors (Lipinski definition) is 1. The quantitative estimate of drug-likeness (QED) is 0.838. The van der Waals surface area contributed by atoms with E-state index >= 15 is 0 Å². The average molecular weight is 267 g/mol. The van der Waals surface area contributed by atoms with Crippen LogP contribution in [0.3, 0.4) is 0 Å². The fourth-order valence-electron chi connectivity index (χ4n) is 2.72. The van der Waals surface area contributed by atoms with E-state index in [9.17, 15) is 0 Å². The smallest absolute Gasteiger partial charge is 0.0367 e. The Morgan fingerprint density at radius 3 is 2.27 bits per heavy atom. The lowest BCUT2D eigenvalue weighted by Gasteiger charge is -2.19. The predicted octanol–water partition coefficient (Wildman–Crippen LogP) is 2.10. The molecule has 3 rings (SSSR count). The fraction of sp³-hybridized carbons (Fsp3) is 0.500. The summed E-state index contributed by atoms with van der Waals surface area (Å²) >= 11 is 3.47. The van der Waals surface area contributed by atoms with Gasteiger partial charge in [0.1, 0.15) is 0 Å². The molecule has 0 aliphatic carbocycles. The van der Waals surface area contributed by atoms with Crippen molar-refractivity contribution in [2.24, 2.45) is 11.8 Å². The molecular weight excluding hydrogens is 252 g/mol. The van der Waals surface area contributed by atoms with Crippen molar-refractivity contribution in [2.45, 2.75) is 0 Å². The Bertz CT molecular complexity index is 337. The zero-order valence-corrected chi connectivity index (χ0v) is 10.2. The highest BCUT2D eigenvalue weighted by Gasteiger charge is 2.35. The molecule has 0 radical (unpaired) electrons. The van der Waals surface area contributed by atoms with Crippen molar-refractivity contribution >= 4 is 21.6 Å². The standard InChI is InChI=1S/C12H15BrN2/c13-11-1-3-12(4-2-11)15-7-9-5-14-6-10(9)8-15/h1-4,9-10,14H,5-8H2. The summed E-state index contributed by atoms with van der Waals surface area (Å²) in [6.45, 7) is 4.86. The molecule has 2 heterocycles. The van der Waals surface area contributed by atoms with Crippen molar-refractivity contribution < 1.29 is 0 Å². The van der Waals surface area contributed by atoms with Crippen LogP contribution in [0.2, 0.25) is 0 Å². The average Bonchev–Trinajstić information content (AvgIpc) is 2.78. The molecule has 80 valence electrons. The van der Waals surface area contributed by atoms with E-state index in [4.69, 9.17) is 0 Å². The molecule has 0 spiro atoms. The minimum absolute atomic E-state index is 0.869. The molecule has 1 aromatic carbocycles. The Hall–Kier alpha value is -0.540. The molecule has 2 unspecified atom stereocenters. The summed E-state index contributed by atoms with van der Waals surface area (Å²) in [6.07, 6.45) is 0. The van der Waals surface area contributed by atoms with Gasteiger partial charge in [0.05, 0.1) is 0 Å². The molecule has 2 atom stereocenters. The molecule has 0 bridgehead atoms. The van der Waals surface area contributed by atoms with Crippen LogP contribution in [-0.4, -0.2) is 26.2 Å². The van der Waals surface area contributed by atoms with Gasteiger partial charge in [-0.05, 0) is 36.1 Å². The second-order valence-electron chi connectivity index (χ2n) is 4.56. The Morgan fingerprint density at radius 1 is 1.07 bits per heavy atom. The van der Waals surface area contributed by atoms with Crippen molar-refractivity contribution in [1.29, 1.82) is 0 Å².